The molecule has 2 N–H and O–H groups in total. The summed E-state index contributed by atoms with van der Waals surface area (Å²) in [4.78, 5) is 0. The van der Waals surface area contributed by atoms with Gasteiger partial charge in [0.05, 0.1) is 0 Å². The van der Waals surface area contributed by atoms with Crippen molar-refractivity contribution in [3.05, 3.63) is 35.4 Å². The van der Waals surface area contributed by atoms with Crippen LogP contribution < -0.4 is 4.72 Å². The van der Waals surface area contributed by atoms with Gasteiger partial charge in [0.25, 0.3) is 10.2 Å². The zero-order valence-corrected chi connectivity index (χ0v) is 12.6. The van der Waals surface area contributed by atoms with E-state index in [1.165, 1.54) is 9.87 Å². The van der Waals surface area contributed by atoms with E-state index in [2.05, 4.69) is 10.8 Å². The van der Waals surface area contributed by atoms with Gasteiger partial charge in [-0.2, -0.15) is 12.7 Å². The first-order chi connectivity index (χ1) is 9.53. The summed E-state index contributed by atoms with van der Waals surface area (Å²) in [7, 11) is -3.44. The molecular formula is C14H22N2O3S. The van der Waals surface area contributed by atoms with E-state index >= 15 is 0 Å². The third-order valence-corrected chi connectivity index (χ3v) is 5.19. The number of rotatable bonds is 6. The predicted molar refractivity (Wildman–Crippen MR) is 78.3 cm³/mol. The third-order valence-electron chi connectivity index (χ3n) is 3.67. The maximum atomic E-state index is 12.3. The van der Waals surface area contributed by atoms with Crippen molar-refractivity contribution in [1.82, 2.24) is 9.03 Å². The van der Waals surface area contributed by atoms with Crippen LogP contribution in [0.15, 0.2) is 24.3 Å². The Hall–Kier alpha value is -0.950. The molecule has 1 aliphatic heterocycles. The first-order valence-corrected chi connectivity index (χ1v) is 8.39. The Morgan fingerprint density at radius 1 is 1.35 bits per heavy atom. The van der Waals surface area contributed by atoms with Gasteiger partial charge >= 0.3 is 0 Å². The minimum atomic E-state index is -3.44. The van der Waals surface area contributed by atoms with Gasteiger partial charge in [-0.3, -0.25) is 0 Å². The Morgan fingerprint density at radius 2 is 2.05 bits per heavy atom. The molecule has 0 aliphatic carbocycles. The summed E-state index contributed by atoms with van der Waals surface area (Å²) >= 11 is 0. The number of fused-ring (bicyclic) bond motifs is 1. The first kappa shape index (κ1) is 15.4. The van der Waals surface area contributed by atoms with E-state index in [0.29, 0.717) is 26.1 Å². The first-order valence-electron chi connectivity index (χ1n) is 6.95. The number of nitrogens with zero attached hydrogens (tertiary/aromatic N) is 1. The van der Waals surface area contributed by atoms with Gasteiger partial charge in [0.15, 0.2) is 0 Å². The topological polar surface area (TPSA) is 69.6 Å². The van der Waals surface area contributed by atoms with E-state index in [1.807, 2.05) is 25.1 Å². The Morgan fingerprint density at radius 3 is 2.75 bits per heavy atom. The van der Waals surface area contributed by atoms with Gasteiger partial charge in [0, 0.05) is 26.2 Å². The standard InChI is InChI=1S/C14H22N2O3S/c1-12(7-9-17)10-15-20(18,19)16-8-6-13-4-2-3-5-14(13)11-16/h2-5,12,15,17H,6-11H2,1H3. The number of hydrogen-bond donors (Lipinski definition) is 2. The van der Waals surface area contributed by atoms with Crippen molar-refractivity contribution in [3.63, 3.8) is 0 Å². The quantitative estimate of drug-likeness (QED) is 0.820. The number of benzene rings is 1. The molecule has 0 radical (unpaired) electrons. The van der Waals surface area contributed by atoms with Crippen LogP contribution in [-0.4, -0.2) is 37.5 Å². The van der Waals surface area contributed by atoms with Crippen molar-refractivity contribution in [1.29, 1.82) is 0 Å². The number of nitrogens with one attached hydrogen (secondary N) is 1. The molecule has 1 unspecified atom stereocenters. The van der Waals surface area contributed by atoms with Crippen LogP contribution in [0.3, 0.4) is 0 Å². The molecular weight excluding hydrogens is 276 g/mol. The molecule has 5 nitrogen and oxygen atoms in total. The summed E-state index contributed by atoms with van der Waals surface area (Å²) in [6.07, 6.45) is 1.36. The molecule has 2 rings (SSSR count). The largest absolute Gasteiger partial charge is 0.396 e. The second kappa shape index (κ2) is 6.67. The maximum absolute atomic E-state index is 12.3. The second-order valence-corrected chi connectivity index (χ2v) is 7.08. The van der Waals surface area contributed by atoms with Gasteiger partial charge in [-0.15, -0.1) is 0 Å². The average molecular weight is 298 g/mol. The normalized spacial score (nSPS) is 17.7. The maximum Gasteiger partial charge on any atom is 0.279 e. The van der Waals surface area contributed by atoms with Gasteiger partial charge < -0.3 is 5.11 Å². The van der Waals surface area contributed by atoms with Crippen molar-refractivity contribution in [2.24, 2.45) is 5.92 Å². The van der Waals surface area contributed by atoms with Crippen molar-refractivity contribution in [2.75, 3.05) is 19.7 Å². The van der Waals surface area contributed by atoms with Crippen LogP contribution in [-0.2, 0) is 23.2 Å². The average Bonchev–Trinajstić information content (AvgIpc) is 2.45. The molecule has 1 aromatic rings. The molecule has 0 bridgehead atoms. The molecule has 20 heavy (non-hydrogen) atoms. The molecule has 0 saturated carbocycles. The summed E-state index contributed by atoms with van der Waals surface area (Å²) in [6, 6.07) is 7.95. The number of hydrogen-bond acceptors (Lipinski definition) is 3. The lowest BCUT2D eigenvalue weighted by atomic mass is 10.0. The molecule has 1 heterocycles. The van der Waals surface area contributed by atoms with Crippen molar-refractivity contribution in [2.45, 2.75) is 26.3 Å². The van der Waals surface area contributed by atoms with Crippen LogP contribution in [0, 0.1) is 5.92 Å². The van der Waals surface area contributed by atoms with E-state index in [4.69, 9.17) is 5.11 Å². The lowest BCUT2D eigenvalue weighted by Gasteiger charge is -2.28. The predicted octanol–water partition coefficient (Wildman–Crippen LogP) is 0.898. The van der Waals surface area contributed by atoms with Crippen LogP contribution >= 0.6 is 0 Å². The van der Waals surface area contributed by atoms with E-state index in [0.717, 1.165) is 12.0 Å². The lowest BCUT2D eigenvalue weighted by Crippen LogP contribution is -2.44. The monoisotopic (exact) mass is 298 g/mol. The fourth-order valence-corrected chi connectivity index (χ4v) is 3.65. The van der Waals surface area contributed by atoms with Gasteiger partial charge in [-0.25, -0.2) is 4.72 Å². The zero-order valence-electron chi connectivity index (χ0n) is 11.7. The Labute approximate surface area is 120 Å². The highest BCUT2D eigenvalue weighted by Gasteiger charge is 2.26. The highest BCUT2D eigenvalue weighted by Crippen LogP contribution is 2.20. The summed E-state index contributed by atoms with van der Waals surface area (Å²) in [6.45, 7) is 3.31. The fourth-order valence-electron chi connectivity index (χ4n) is 2.34. The molecule has 6 heteroatoms. The van der Waals surface area contributed by atoms with Crippen molar-refractivity contribution >= 4 is 10.2 Å². The highest BCUT2D eigenvalue weighted by atomic mass is 32.2. The van der Waals surface area contributed by atoms with Crippen LogP contribution in [0.5, 0.6) is 0 Å². The van der Waals surface area contributed by atoms with E-state index in [1.54, 1.807) is 0 Å². The van der Waals surface area contributed by atoms with Crippen LogP contribution in [0.25, 0.3) is 0 Å². The highest BCUT2D eigenvalue weighted by molar-refractivity contribution is 7.87. The molecule has 1 aromatic carbocycles. The number of aliphatic hydroxyl groups is 1. The molecule has 0 saturated heterocycles. The summed E-state index contributed by atoms with van der Waals surface area (Å²) in [5, 5.41) is 8.84. The van der Waals surface area contributed by atoms with Gasteiger partial charge in [0.1, 0.15) is 0 Å². The van der Waals surface area contributed by atoms with Crippen LogP contribution in [0.4, 0.5) is 0 Å². The number of aliphatic hydroxyl groups excluding tert-OH is 1. The van der Waals surface area contributed by atoms with E-state index in [9.17, 15) is 8.42 Å². The lowest BCUT2D eigenvalue weighted by molar-refractivity contribution is 0.262. The summed E-state index contributed by atoms with van der Waals surface area (Å²) in [5.74, 6) is 0.131. The third kappa shape index (κ3) is 3.79. The minimum Gasteiger partial charge on any atom is -0.396 e. The van der Waals surface area contributed by atoms with Crippen LogP contribution in [0.2, 0.25) is 0 Å². The van der Waals surface area contributed by atoms with E-state index < -0.39 is 10.2 Å². The summed E-state index contributed by atoms with van der Waals surface area (Å²) in [5.41, 5.74) is 2.31. The molecule has 0 spiro atoms. The molecule has 0 aromatic heterocycles. The second-order valence-electron chi connectivity index (χ2n) is 5.32. The minimum absolute atomic E-state index is 0.0833. The SMILES string of the molecule is CC(CCO)CNS(=O)(=O)N1CCc2ccccc2C1. The van der Waals surface area contributed by atoms with Crippen molar-refractivity contribution < 1.29 is 13.5 Å². The summed E-state index contributed by atoms with van der Waals surface area (Å²) < 4.78 is 28.6. The van der Waals surface area contributed by atoms with Crippen molar-refractivity contribution in [3.8, 4) is 0 Å². The molecule has 0 amide bonds. The smallest absolute Gasteiger partial charge is 0.279 e. The van der Waals surface area contributed by atoms with Gasteiger partial charge in [-0.1, -0.05) is 31.2 Å². The zero-order chi connectivity index (χ0) is 14.6. The molecule has 1 atom stereocenters. The molecule has 1 aliphatic rings. The fraction of sp³-hybridized carbons (Fsp3) is 0.571. The van der Waals surface area contributed by atoms with Gasteiger partial charge in [0.2, 0.25) is 0 Å². The molecule has 112 valence electrons. The Bertz CT molecular complexity index is 545. The van der Waals surface area contributed by atoms with Crippen LogP contribution in [0.1, 0.15) is 24.5 Å². The Kier molecular flexibility index (Phi) is 5.15. The Balaban J connectivity index is 1.98. The molecule has 0 fully saturated rings. The van der Waals surface area contributed by atoms with Gasteiger partial charge in [-0.05, 0) is 29.9 Å². The van der Waals surface area contributed by atoms with E-state index in [-0.39, 0.29) is 12.5 Å².